The van der Waals surface area contributed by atoms with Gasteiger partial charge in [0.25, 0.3) is 0 Å². The molecule has 0 saturated carbocycles. The Kier molecular flexibility index (Phi) is 4.71. The molecule has 138 valence electrons. The molecular weight excluding hydrogens is 375 g/mol. The van der Waals surface area contributed by atoms with Crippen LogP contribution in [0.5, 0.6) is 0 Å². The van der Waals surface area contributed by atoms with Crippen LogP contribution in [-0.4, -0.2) is 26.4 Å². The summed E-state index contributed by atoms with van der Waals surface area (Å²) in [6, 6.07) is 0. The van der Waals surface area contributed by atoms with Crippen molar-refractivity contribution < 1.29 is 9.13 Å². The van der Waals surface area contributed by atoms with Crippen molar-refractivity contribution in [2.45, 2.75) is 52.2 Å². The number of hydrogen-bond donors (Lipinski definition) is 0. The molecule has 0 aliphatic carbocycles. The highest BCUT2D eigenvalue weighted by Gasteiger charge is 2.27. The van der Waals surface area contributed by atoms with E-state index in [-0.39, 0.29) is 23.1 Å². The molecule has 3 aromatic rings. The summed E-state index contributed by atoms with van der Waals surface area (Å²) in [6.45, 7) is 7.01. The van der Waals surface area contributed by atoms with Gasteiger partial charge in [-0.25, -0.2) is 19.0 Å². The molecule has 5 nitrogen and oxygen atoms in total. The van der Waals surface area contributed by atoms with Crippen molar-refractivity contribution in [3.05, 3.63) is 28.6 Å². The summed E-state index contributed by atoms with van der Waals surface area (Å²) in [4.78, 5) is 8.55. The number of hydrogen-bond acceptors (Lipinski definition) is 5. The average molecular weight is 395 g/mol. The molecule has 1 fully saturated rings. The van der Waals surface area contributed by atoms with Crippen LogP contribution in [-0.2, 0) is 4.74 Å². The van der Waals surface area contributed by atoms with E-state index in [2.05, 4.69) is 23.8 Å². The number of halogens is 2. The standard InChI is InChI=1S/C18H20ClFN4OS/c1-9(2)15-17-13(23-24(15)12-6-4-5-7-25-12)10(3)16(26-17)14-11(20)8-21-18(19)22-14/h8-9,12H,4-7H2,1-3H3. The molecule has 1 atom stereocenters. The van der Waals surface area contributed by atoms with Crippen LogP contribution < -0.4 is 0 Å². The maximum atomic E-state index is 14.3. The summed E-state index contributed by atoms with van der Waals surface area (Å²) in [5.74, 6) is -0.203. The first-order valence-corrected chi connectivity index (χ1v) is 9.98. The van der Waals surface area contributed by atoms with Crippen LogP contribution in [0.4, 0.5) is 4.39 Å². The number of nitrogens with zero attached hydrogens (tertiary/aromatic N) is 4. The van der Waals surface area contributed by atoms with E-state index >= 15 is 0 Å². The fourth-order valence-corrected chi connectivity index (χ4v) is 5.01. The van der Waals surface area contributed by atoms with Gasteiger partial charge in [-0.1, -0.05) is 13.8 Å². The first-order chi connectivity index (χ1) is 12.5. The highest BCUT2D eigenvalue weighted by atomic mass is 35.5. The Balaban J connectivity index is 1.89. The molecule has 0 N–H and O–H groups in total. The van der Waals surface area contributed by atoms with E-state index in [1.807, 2.05) is 11.6 Å². The molecule has 1 unspecified atom stereocenters. The second-order valence-electron chi connectivity index (χ2n) is 6.88. The predicted molar refractivity (Wildman–Crippen MR) is 101 cm³/mol. The summed E-state index contributed by atoms with van der Waals surface area (Å²) in [5, 5.41) is 4.90. The first kappa shape index (κ1) is 17.8. The van der Waals surface area contributed by atoms with Crippen molar-refractivity contribution in [2.24, 2.45) is 0 Å². The van der Waals surface area contributed by atoms with Crippen molar-refractivity contribution >= 4 is 33.2 Å². The smallest absolute Gasteiger partial charge is 0.223 e. The van der Waals surface area contributed by atoms with Gasteiger partial charge in [-0.05, 0) is 49.3 Å². The number of fused-ring (bicyclic) bond motifs is 1. The Bertz CT molecular complexity index is 962. The largest absolute Gasteiger partial charge is 0.357 e. The Morgan fingerprint density at radius 3 is 2.88 bits per heavy atom. The summed E-state index contributed by atoms with van der Waals surface area (Å²) < 4.78 is 23.3. The lowest BCUT2D eigenvalue weighted by Gasteiger charge is -2.25. The van der Waals surface area contributed by atoms with E-state index in [1.54, 1.807) is 0 Å². The Morgan fingerprint density at radius 2 is 2.19 bits per heavy atom. The highest BCUT2D eigenvalue weighted by molar-refractivity contribution is 7.22. The van der Waals surface area contributed by atoms with Gasteiger partial charge in [0.15, 0.2) is 12.0 Å². The van der Waals surface area contributed by atoms with Crippen molar-refractivity contribution in [3.8, 4) is 10.6 Å². The van der Waals surface area contributed by atoms with Crippen LogP contribution >= 0.6 is 22.9 Å². The van der Waals surface area contributed by atoms with Crippen molar-refractivity contribution in [3.63, 3.8) is 0 Å². The van der Waals surface area contributed by atoms with Crippen LogP contribution in [0.1, 0.15) is 56.5 Å². The number of aromatic nitrogens is 4. The molecule has 1 saturated heterocycles. The first-order valence-electron chi connectivity index (χ1n) is 8.79. The maximum absolute atomic E-state index is 14.3. The minimum Gasteiger partial charge on any atom is -0.357 e. The van der Waals surface area contributed by atoms with Gasteiger partial charge in [0, 0.05) is 6.61 Å². The van der Waals surface area contributed by atoms with Crippen LogP contribution in [0.3, 0.4) is 0 Å². The zero-order valence-corrected chi connectivity index (χ0v) is 16.5. The van der Waals surface area contributed by atoms with Crippen LogP contribution in [0, 0.1) is 12.7 Å². The van der Waals surface area contributed by atoms with Gasteiger partial charge in [0.2, 0.25) is 5.28 Å². The van der Waals surface area contributed by atoms with E-state index < -0.39 is 5.82 Å². The molecule has 0 aromatic carbocycles. The van der Waals surface area contributed by atoms with Gasteiger partial charge in [-0.3, -0.25) is 0 Å². The molecule has 0 amide bonds. The third-order valence-electron chi connectivity index (χ3n) is 4.71. The highest BCUT2D eigenvalue weighted by Crippen LogP contribution is 2.43. The normalized spacial score (nSPS) is 18.2. The third-order valence-corrected chi connectivity index (χ3v) is 6.20. The average Bonchev–Trinajstić information content (AvgIpc) is 3.15. The molecule has 26 heavy (non-hydrogen) atoms. The molecule has 0 bridgehead atoms. The molecule has 0 spiro atoms. The third kappa shape index (κ3) is 2.92. The summed E-state index contributed by atoms with van der Waals surface area (Å²) in [7, 11) is 0. The molecule has 8 heteroatoms. The Labute approximate surface area is 160 Å². The lowest BCUT2D eigenvalue weighted by atomic mass is 10.1. The minimum absolute atomic E-state index is 0.0196. The quantitative estimate of drug-likeness (QED) is 0.552. The minimum atomic E-state index is -0.476. The Morgan fingerprint density at radius 1 is 1.38 bits per heavy atom. The number of rotatable bonds is 3. The van der Waals surface area contributed by atoms with Crippen molar-refractivity contribution in [1.29, 1.82) is 0 Å². The van der Waals surface area contributed by atoms with Gasteiger partial charge in [-0.2, -0.15) is 5.10 Å². The van der Waals surface area contributed by atoms with Crippen molar-refractivity contribution in [2.75, 3.05) is 6.61 Å². The van der Waals surface area contributed by atoms with E-state index in [0.29, 0.717) is 0 Å². The van der Waals surface area contributed by atoms with Gasteiger partial charge < -0.3 is 4.74 Å². The van der Waals surface area contributed by atoms with Gasteiger partial charge in [0.05, 0.1) is 21.5 Å². The van der Waals surface area contributed by atoms with E-state index in [9.17, 15) is 4.39 Å². The SMILES string of the molecule is Cc1c(-c2nc(Cl)ncc2F)sc2c(C(C)C)n(C3CCCCO3)nc12. The number of thiophene rings is 1. The van der Waals surface area contributed by atoms with Crippen molar-refractivity contribution in [1.82, 2.24) is 19.7 Å². The lowest BCUT2D eigenvalue weighted by molar-refractivity contribution is -0.0410. The second kappa shape index (κ2) is 6.87. The van der Waals surface area contributed by atoms with Gasteiger partial charge >= 0.3 is 0 Å². The zero-order valence-electron chi connectivity index (χ0n) is 14.9. The summed E-state index contributed by atoms with van der Waals surface area (Å²) >= 11 is 7.39. The fraction of sp³-hybridized carbons (Fsp3) is 0.500. The van der Waals surface area contributed by atoms with Gasteiger partial charge in [0.1, 0.15) is 11.2 Å². The summed E-state index contributed by atoms with van der Waals surface area (Å²) in [6.07, 6.45) is 4.30. The molecule has 4 heterocycles. The molecular formula is C18H20ClFN4OS. The molecule has 1 aliphatic heterocycles. The number of ether oxygens (including phenoxy) is 1. The monoisotopic (exact) mass is 394 g/mol. The number of aryl methyl sites for hydroxylation is 1. The van der Waals surface area contributed by atoms with Crippen LogP contribution in [0.25, 0.3) is 20.8 Å². The van der Waals surface area contributed by atoms with Crippen LogP contribution in [0.15, 0.2) is 6.20 Å². The maximum Gasteiger partial charge on any atom is 0.223 e. The topological polar surface area (TPSA) is 52.8 Å². The van der Waals surface area contributed by atoms with E-state index in [4.69, 9.17) is 21.4 Å². The molecule has 1 aliphatic rings. The van der Waals surface area contributed by atoms with E-state index in [1.165, 1.54) is 11.3 Å². The molecule has 0 radical (unpaired) electrons. The van der Waals surface area contributed by atoms with E-state index in [0.717, 1.165) is 58.4 Å². The Hall–Kier alpha value is -1.57. The van der Waals surface area contributed by atoms with Gasteiger partial charge in [-0.15, -0.1) is 11.3 Å². The zero-order chi connectivity index (χ0) is 18.4. The second-order valence-corrected chi connectivity index (χ2v) is 8.23. The fourth-order valence-electron chi connectivity index (χ4n) is 3.46. The predicted octanol–water partition coefficient (Wildman–Crippen LogP) is 5.48. The summed E-state index contributed by atoms with van der Waals surface area (Å²) in [5.41, 5.74) is 3.17. The molecule has 3 aromatic heterocycles. The molecule has 4 rings (SSSR count). The van der Waals surface area contributed by atoms with Crippen LogP contribution in [0.2, 0.25) is 5.28 Å². The lowest BCUT2D eigenvalue weighted by Crippen LogP contribution is -2.21.